The number of fused-ring (bicyclic) bond motifs is 1. The predicted molar refractivity (Wildman–Crippen MR) is 81.2 cm³/mol. The van der Waals surface area contributed by atoms with Crippen molar-refractivity contribution in [3.8, 4) is 0 Å². The van der Waals surface area contributed by atoms with Crippen LogP contribution in [0.4, 0.5) is 11.4 Å². The fourth-order valence-electron chi connectivity index (χ4n) is 2.48. The van der Waals surface area contributed by atoms with Crippen LogP contribution in [0, 0.1) is 0 Å². The fraction of sp³-hybridized carbons (Fsp3) is 0.533. The third-order valence-electron chi connectivity index (χ3n) is 3.27. The maximum Gasteiger partial charge on any atom is 0.239 e. The van der Waals surface area contributed by atoms with Crippen molar-refractivity contribution >= 4 is 17.3 Å². The number of para-hydroxylation sites is 2. The van der Waals surface area contributed by atoms with Crippen LogP contribution in [0.2, 0.25) is 0 Å². The number of ether oxygens (including phenoxy) is 1. The van der Waals surface area contributed by atoms with Crippen LogP contribution in [-0.2, 0) is 9.53 Å². The lowest BCUT2D eigenvalue weighted by atomic mass is 9.99. The quantitative estimate of drug-likeness (QED) is 0.800. The van der Waals surface area contributed by atoms with Gasteiger partial charge in [0.2, 0.25) is 5.91 Å². The summed E-state index contributed by atoms with van der Waals surface area (Å²) in [6.07, 6.45) is 0. The number of nitrogens with one attached hydrogen (secondary N) is 2. The summed E-state index contributed by atoms with van der Waals surface area (Å²) in [4.78, 5) is 14.1. The van der Waals surface area contributed by atoms with Gasteiger partial charge in [-0.05, 0) is 26.0 Å². The van der Waals surface area contributed by atoms with E-state index in [1.54, 1.807) is 7.11 Å². The molecule has 5 nitrogen and oxygen atoms in total. The first kappa shape index (κ1) is 14.7. The molecule has 1 aromatic carbocycles. The minimum atomic E-state index is -0.0544. The molecule has 0 atom stereocenters. The average molecular weight is 277 g/mol. The number of nitrogens with zero attached hydrogens (tertiary/aromatic N) is 1. The van der Waals surface area contributed by atoms with Crippen molar-refractivity contribution in [2.24, 2.45) is 0 Å². The summed E-state index contributed by atoms with van der Waals surface area (Å²) < 4.78 is 4.93. The first-order chi connectivity index (χ1) is 9.52. The summed E-state index contributed by atoms with van der Waals surface area (Å²) in [5.74, 6) is 0.0227. The van der Waals surface area contributed by atoms with E-state index in [0.717, 1.165) is 17.9 Å². The molecule has 0 unspecified atom stereocenters. The number of anilines is 2. The van der Waals surface area contributed by atoms with E-state index < -0.39 is 0 Å². The highest BCUT2D eigenvalue weighted by atomic mass is 16.5. The van der Waals surface area contributed by atoms with Gasteiger partial charge in [0.05, 0.1) is 24.5 Å². The molecule has 0 radical (unpaired) electrons. The van der Waals surface area contributed by atoms with Gasteiger partial charge in [-0.3, -0.25) is 4.79 Å². The molecule has 0 aromatic heterocycles. The third kappa shape index (κ3) is 3.63. The Labute approximate surface area is 120 Å². The van der Waals surface area contributed by atoms with Crippen LogP contribution in [0.1, 0.15) is 13.8 Å². The standard InChI is InChI=1S/C15H23N3O2/c1-15(2)11-18(10-14(19)16-8-9-20-3)13-7-5-4-6-12(13)17-15/h4-7,17H,8-11H2,1-3H3,(H,16,19). The van der Waals surface area contributed by atoms with Crippen molar-refractivity contribution < 1.29 is 9.53 Å². The van der Waals surface area contributed by atoms with Gasteiger partial charge in [0.15, 0.2) is 0 Å². The minimum Gasteiger partial charge on any atom is -0.383 e. The van der Waals surface area contributed by atoms with E-state index in [4.69, 9.17) is 4.74 Å². The molecule has 0 bridgehead atoms. The highest BCUT2D eigenvalue weighted by Crippen LogP contribution is 2.33. The highest BCUT2D eigenvalue weighted by Gasteiger charge is 2.29. The third-order valence-corrected chi connectivity index (χ3v) is 3.27. The maximum atomic E-state index is 12.0. The summed E-state index contributed by atoms with van der Waals surface area (Å²) in [5.41, 5.74) is 2.10. The Morgan fingerprint density at radius 1 is 1.45 bits per heavy atom. The lowest BCUT2D eigenvalue weighted by Gasteiger charge is -2.41. The van der Waals surface area contributed by atoms with Crippen molar-refractivity contribution in [3.63, 3.8) is 0 Å². The van der Waals surface area contributed by atoms with Gasteiger partial charge in [-0.25, -0.2) is 0 Å². The van der Waals surface area contributed by atoms with E-state index in [1.165, 1.54) is 0 Å². The molecule has 5 heteroatoms. The lowest BCUT2D eigenvalue weighted by Crippen LogP contribution is -2.51. The van der Waals surface area contributed by atoms with Crippen LogP contribution in [0.5, 0.6) is 0 Å². The zero-order chi connectivity index (χ0) is 14.6. The Hall–Kier alpha value is -1.75. The van der Waals surface area contributed by atoms with Crippen molar-refractivity contribution in [3.05, 3.63) is 24.3 Å². The largest absolute Gasteiger partial charge is 0.383 e. The fourth-order valence-corrected chi connectivity index (χ4v) is 2.48. The summed E-state index contributed by atoms with van der Waals surface area (Å²) in [5, 5.41) is 6.36. The van der Waals surface area contributed by atoms with Crippen LogP contribution in [0.3, 0.4) is 0 Å². The molecule has 1 aliphatic rings. The first-order valence-corrected chi connectivity index (χ1v) is 6.90. The minimum absolute atomic E-state index is 0.0227. The second-order valence-electron chi connectivity index (χ2n) is 5.72. The van der Waals surface area contributed by atoms with Gasteiger partial charge >= 0.3 is 0 Å². The lowest BCUT2D eigenvalue weighted by molar-refractivity contribution is -0.120. The monoisotopic (exact) mass is 277 g/mol. The normalized spacial score (nSPS) is 16.2. The maximum absolute atomic E-state index is 12.0. The smallest absolute Gasteiger partial charge is 0.239 e. The van der Waals surface area contributed by atoms with Crippen LogP contribution >= 0.6 is 0 Å². The van der Waals surface area contributed by atoms with Crippen molar-refractivity contribution in [1.82, 2.24) is 5.32 Å². The van der Waals surface area contributed by atoms with Crippen molar-refractivity contribution in [2.75, 3.05) is 43.6 Å². The number of rotatable bonds is 5. The van der Waals surface area contributed by atoms with Crippen LogP contribution in [-0.4, -0.2) is 44.8 Å². The molecule has 0 saturated heterocycles. The molecule has 1 amide bonds. The van der Waals surface area contributed by atoms with Gasteiger partial charge in [-0.1, -0.05) is 12.1 Å². The van der Waals surface area contributed by atoms with Gasteiger partial charge in [-0.15, -0.1) is 0 Å². The van der Waals surface area contributed by atoms with E-state index in [2.05, 4.69) is 29.4 Å². The first-order valence-electron chi connectivity index (χ1n) is 6.90. The van der Waals surface area contributed by atoms with Crippen molar-refractivity contribution in [1.29, 1.82) is 0 Å². The van der Waals surface area contributed by atoms with Gasteiger partial charge in [0.1, 0.15) is 0 Å². The number of carbonyl (C=O) groups is 1. The Morgan fingerprint density at radius 3 is 2.95 bits per heavy atom. The van der Waals surface area contributed by atoms with Gasteiger partial charge < -0.3 is 20.3 Å². The molecular formula is C15H23N3O2. The Morgan fingerprint density at radius 2 is 2.20 bits per heavy atom. The summed E-state index contributed by atoms with van der Waals surface area (Å²) in [6.45, 7) is 6.52. The van der Waals surface area contributed by atoms with Crippen LogP contribution in [0.25, 0.3) is 0 Å². The molecule has 1 heterocycles. The number of hydrogen-bond donors (Lipinski definition) is 2. The molecule has 20 heavy (non-hydrogen) atoms. The zero-order valence-electron chi connectivity index (χ0n) is 12.4. The molecule has 0 aliphatic carbocycles. The molecule has 0 saturated carbocycles. The molecule has 2 rings (SSSR count). The van der Waals surface area contributed by atoms with Crippen molar-refractivity contribution in [2.45, 2.75) is 19.4 Å². The van der Waals surface area contributed by atoms with E-state index >= 15 is 0 Å². The van der Waals surface area contributed by atoms with Crippen LogP contribution in [0.15, 0.2) is 24.3 Å². The van der Waals surface area contributed by atoms with Gasteiger partial charge in [0, 0.05) is 25.7 Å². The van der Waals surface area contributed by atoms with Crippen LogP contribution < -0.4 is 15.5 Å². The zero-order valence-corrected chi connectivity index (χ0v) is 12.4. The topological polar surface area (TPSA) is 53.6 Å². The molecule has 1 aromatic rings. The van der Waals surface area contributed by atoms with E-state index in [-0.39, 0.29) is 11.4 Å². The second-order valence-corrected chi connectivity index (χ2v) is 5.72. The molecule has 2 N–H and O–H groups in total. The summed E-state index contributed by atoms with van der Waals surface area (Å²) >= 11 is 0. The Kier molecular flexibility index (Phi) is 4.49. The number of carbonyl (C=O) groups excluding carboxylic acids is 1. The Balaban J connectivity index is 2.05. The number of amides is 1. The average Bonchev–Trinajstić information content (AvgIpc) is 2.37. The summed E-state index contributed by atoms with van der Waals surface area (Å²) in [6, 6.07) is 8.09. The highest BCUT2D eigenvalue weighted by molar-refractivity contribution is 5.84. The second kappa shape index (κ2) is 6.13. The van der Waals surface area contributed by atoms with Gasteiger partial charge in [-0.2, -0.15) is 0 Å². The molecular weight excluding hydrogens is 254 g/mol. The number of benzene rings is 1. The predicted octanol–water partition coefficient (Wildman–Crippen LogP) is 1.46. The molecule has 0 fully saturated rings. The van der Waals surface area contributed by atoms with E-state index in [1.807, 2.05) is 24.3 Å². The molecule has 1 aliphatic heterocycles. The number of hydrogen-bond acceptors (Lipinski definition) is 4. The van der Waals surface area contributed by atoms with Gasteiger partial charge in [0.25, 0.3) is 0 Å². The number of methoxy groups -OCH3 is 1. The van der Waals surface area contributed by atoms with E-state index in [0.29, 0.717) is 19.7 Å². The van der Waals surface area contributed by atoms with E-state index in [9.17, 15) is 4.79 Å². The Bertz CT molecular complexity index is 474. The molecule has 0 spiro atoms. The SMILES string of the molecule is COCCNC(=O)CN1CC(C)(C)Nc2ccccc21. The molecule has 110 valence electrons. The summed E-state index contributed by atoms with van der Waals surface area (Å²) in [7, 11) is 1.63.